The van der Waals surface area contributed by atoms with Crippen molar-refractivity contribution in [2.45, 2.75) is 39.0 Å². The molecule has 0 bridgehead atoms. The third-order valence-corrected chi connectivity index (χ3v) is 5.30. The lowest BCUT2D eigenvalue weighted by molar-refractivity contribution is 0.0650. The molecule has 1 aromatic heterocycles. The van der Waals surface area contributed by atoms with E-state index in [-0.39, 0.29) is 19.1 Å². The number of carboxylic acids is 1. The van der Waals surface area contributed by atoms with Crippen molar-refractivity contribution in [3.63, 3.8) is 0 Å². The van der Waals surface area contributed by atoms with Crippen LogP contribution in [0, 0.1) is 0 Å². The second-order valence-electron chi connectivity index (χ2n) is 7.14. The quantitative estimate of drug-likeness (QED) is 0.534. The van der Waals surface area contributed by atoms with Gasteiger partial charge >= 0.3 is 5.97 Å². The van der Waals surface area contributed by atoms with Crippen LogP contribution in [-0.2, 0) is 18.1 Å². The molecular weight excluding hydrogens is 352 g/mol. The fourth-order valence-corrected chi connectivity index (χ4v) is 2.85. The lowest BCUT2D eigenvalue weighted by Gasteiger charge is -2.26. The van der Waals surface area contributed by atoms with Crippen LogP contribution in [0.4, 0.5) is 0 Å². The highest BCUT2D eigenvalue weighted by Crippen LogP contribution is 2.10. The lowest BCUT2D eigenvalue weighted by atomic mass is 10.2. The van der Waals surface area contributed by atoms with E-state index < -0.39 is 25.2 Å². The third-order valence-electron chi connectivity index (χ3n) is 3.59. The maximum atomic E-state index is 12.2. The molecule has 0 aliphatic heterocycles. The van der Waals surface area contributed by atoms with Gasteiger partial charge in [-0.05, 0) is 5.56 Å². The first-order chi connectivity index (χ1) is 12.3. The Morgan fingerprint density at radius 3 is 2.54 bits per heavy atom. The van der Waals surface area contributed by atoms with Gasteiger partial charge in [-0.15, -0.1) is 14.1 Å². The second kappa shape index (κ2) is 8.77. The molecule has 0 aliphatic rings. The number of carbonyl (C=O) groups is 1. The van der Waals surface area contributed by atoms with Crippen LogP contribution in [0.2, 0.25) is 25.7 Å². The minimum atomic E-state index is -1.39. The molecule has 8 heteroatoms. The van der Waals surface area contributed by atoms with Crippen molar-refractivity contribution < 1.29 is 19.4 Å². The molecule has 0 saturated heterocycles. The number of carboxylic acid groups (broad SMARTS) is 1. The first kappa shape index (κ1) is 19.9. The number of hydrogen-bond donors (Lipinski definition) is 1. The Morgan fingerprint density at radius 2 is 1.92 bits per heavy atom. The second-order valence-corrected chi connectivity index (χ2v) is 12.8. The normalized spacial score (nSPS) is 11.3. The summed E-state index contributed by atoms with van der Waals surface area (Å²) in [6.07, 6.45) is 1.38. The van der Waals surface area contributed by atoms with E-state index in [0.717, 1.165) is 11.6 Å². The number of hydrogen-bond acceptors (Lipinski definition) is 5. The molecule has 7 nitrogen and oxygen atoms in total. The summed E-state index contributed by atoms with van der Waals surface area (Å²) in [7, 11) is -1.22. The number of nitrogens with zero attached hydrogens (tertiary/aromatic N) is 2. The molecule has 2 aromatic rings. The van der Waals surface area contributed by atoms with Gasteiger partial charge in [0.2, 0.25) is 5.69 Å². The van der Waals surface area contributed by atoms with E-state index in [1.165, 1.54) is 10.9 Å². The zero-order valence-corrected chi connectivity index (χ0v) is 16.3. The van der Waals surface area contributed by atoms with Gasteiger partial charge in [-0.2, -0.15) is 24.7 Å². The predicted molar refractivity (Wildman–Crippen MR) is 100 cm³/mol. The van der Waals surface area contributed by atoms with Crippen molar-refractivity contribution in [1.82, 2.24) is 9.78 Å². The van der Waals surface area contributed by atoms with Crippen molar-refractivity contribution in [1.29, 1.82) is 0 Å². The molecule has 2 rings (SSSR count). The van der Waals surface area contributed by atoms with Gasteiger partial charge in [0.15, 0.2) is 5.75 Å². The fourth-order valence-electron chi connectivity index (χ4n) is 2.09. The van der Waals surface area contributed by atoms with E-state index in [2.05, 4.69) is 24.7 Å². The number of rotatable bonds is 9. The van der Waals surface area contributed by atoms with E-state index in [1.807, 2.05) is 30.3 Å². The van der Waals surface area contributed by atoms with Crippen molar-refractivity contribution >= 4 is 14.0 Å². The molecule has 1 aromatic carbocycles. The average Bonchev–Trinajstić information content (AvgIpc) is 2.58. The van der Waals surface area contributed by atoms with Gasteiger partial charge in [-0.1, -0.05) is 30.3 Å². The molecule has 0 radical (unpaired) electrons. The molecular formula is C18H24N2O5Si-. The summed E-state index contributed by atoms with van der Waals surface area (Å²) in [6.45, 7) is 7.51. The van der Waals surface area contributed by atoms with Crippen molar-refractivity contribution in [3.8, 4) is 5.75 Å². The number of aromatic carboxylic acids is 1. The van der Waals surface area contributed by atoms with Crippen LogP contribution >= 0.6 is 0 Å². The van der Waals surface area contributed by atoms with Crippen LogP contribution in [-0.4, -0.2) is 35.5 Å². The van der Waals surface area contributed by atoms with Gasteiger partial charge in [-0.25, -0.2) is 9.48 Å². The van der Waals surface area contributed by atoms with Gasteiger partial charge in [0.25, 0.3) is 5.43 Å². The zero-order chi connectivity index (χ0) is 19.2. The summed E-state index contributed by atoms with van der Waals surface area (Å²) < 4.78 is 12.4. The largest absolute Gasteiger partial charge is 0.483 e. The molecule has 141 valence electrons. The highest BCUT2D eigenvalue weighted by molar-refractivity contribution is 6.76. The number of aromatic nitrogens is 2. The van der Waals surface area contributed by atoms with Crippen molar-refractivity contribution in [3.05, 3.63) is 58.0 Å². The Bertz CT molecular complexity index is 799. The Balaban J connectivity index is 2.12. The van der Waals surface area contributed by atoms with E-state index >= 15 is 0 Å². The summed E-state index contributed by atoms with van der Waals surface area (Å²) in [6, 6.07) is 10.3. The number of benzene rings is 1. The summed E-state index contributed by atoms with van der Waals surface area (Å²) in [4.78, 5) is 23.5. The standard InChI is InChI=1S/C18H24N2O5Si/c1-26(2,3)10-9-24-13-20-11-15(17(21)16(19-20)18(22)23)25-12-14-7-5-4-6-8-14/h4-8,11H,9-10,12-13H2,1-3H3,(H,22,23)/q-1. The van der Waals surface area contributed by atoms with Gasteiger partial charge in [0, 0.05) is 6.61 Å². The monoisotopic (exact) mass is 376 g/mol. The van der Waals surface area contributed by atoms with Gasteiger partial charge in [0.1, 0.15) is 13.3 Å². The first-order valence-electron chi connectivity index (χ1n) is 8.36. The Morgan fingerprint density at radius 1 is 1.23 bits per heavy atom. The highest BCUT2D eigenvalue weighted by atomic mass is 28.3. The molecule has 0 spiro atoms. The predicted octanol–water partition coefficient (Wildman–Crippen LogP) is 2.83. The zero-order valence-electron chi connectivity index (χ0n) is 15.3. The van der Waals surface area contributed by atoms with E-state index in [4.69, 9.17) is 9.47 Å². The van der Waals surface area contributed by atoms with Crippen LogP contribution in [0.25, 0.3) is 0 Å². The molecule has 0 saturated carbocycles. The van der Waals surface area contributed by atoms with Gasteiger partial charge in [0.05, 0.1) is 6.20 Å². The van der Waals surface area contributed by atoms with Crippen molar-refractivity contribution in [2.24, 2.45) is 0 Å². The Hall–Kier alpha value is -2.45. The molecule has 1 N–H and O–H groups in total. The van der Waals surface area contributed by atoms with Crippen molar-refractivity contribution in [2.75, 3.05) is 6.61 Å². The van der Waals surface area contributed by atoms with Gasteiger partial charge < -0.3 is 14.6 Å². The van der Waals surface area contributed by atoms with Crippen LogP contribution < -0.4 is 10.2 Å². The minimum Gasteiger partial charge on any atom is -0.483 e. The summed E-state index contributed by atoms with van der Waals surface area (Å²) in [5.74, 6) is -1.45. The first-order valence-corrected chi connectivity index (χ1v) is 12.1. The third kappa shape index (κ3) is 6.12. The van der Waals surface area contributed by atoms with Crippen LogP contribution in [0.5, 0.6) is 5.75 Å². The van der Waals surface area contributed by atoms with Crippen LogP contribution in [0.15, 0.2) is 41.3 Å². The van der Waals surface area contributed by atoms with Gasteiger partial charge in [-0.3, -0.25) is 4.79 Å². The Labute approximate surface area is 153 Å². The van der Waals surface area contributed by atoms with E-state index in [1.54, 1.807) is 0 Å². The molecule has 0 amide bonds. The minimum absolute atomic E-state index is 0.0601. The topological polar surface area (TPSA) is 90.7 Å². The molecule has 0 fully saturated rings. The molecule has 0 aliphatic carbocycles. The molecule has 26 heavy (non-hydrogen) atoms. The lowest BCUT2D eigenvalue weighted by Crippen LogP contribution is -2.25. The molecule has 0 unspecified atom stereocenters. The maximum Gasteiger partial charge on any atom is 0.360 e. The summed E-state index contributed by atoms with van der Waals surface area (Å²) in [5.41, 5.74) is -0.449. The maximum absolute atomic E-state index is 12.2. The number of ether oxygens (including phenoxy) is 2. The van der Waals surface area contributed by atoms with E-state index in [9.17, 15) is 14.7 Å². The van der Waals surface area contributed by atoms with Crippen LogP contribution in [0.1, 0.15) is 16.1 Å². The fraction of sp³-hybridized carbons (Fsp3) is 0.389. The SMILES string of the molecule is C[Si-](C)(C)CCOCn1cc(OCc2ccccc2)c(=O)c(C(=O)O)n1. The average molecular weight is 376 g/mol. The van der Waals surface area contributed by atoms with E-state index in [0.29, 0.717) is 6.61 Å². The Kier molecular flexibility index (Phi) is 6.70. The van der Waals surface area contributed by atoms with Crippen LogP contribution in [0.3, 0.4) is 0 Å². The molecule has 1 heterocycles. The summed E-state index contributed by atoms with van der Waals surface area (Å²) >= 11 is 0. The summed E-state index contributed by atoms with van der Waals surface area (Å²) in [5, 5.41) is 13.0. The molecule has 0 atom stereocenters. The smallest absolute Gasteiger partial charge is 0.360 e. The highest BCUT2D eigenvalue weighted by Gasteiger charge is 2.17.